The van der Waals surface area contributed by atoms with Crippen molar-refractivity contribution in [2.24, 2.45) is 0 Å². The van der Waals surface area contributed by atoms with Gasteiger partial charge in [0.2, 0.25) is 18.7 Å². The standard InChI is InChI=1S/C16H21ClN2O2.2C15H19ClN2O2/c1-3-4-5-14-11(6-7-18-10-20)12-8-16(21-2)13(17)9-15(12)19-14;1-4-13-10(5-6-17-9(2)19)11-7-15(20-3)12(16)8-14(11)18-13;1-3-4-13-10(5-6-17-9-19)11-7-15(20-2)12(16)8-14(11)18-13/h8-10,19H,3-7H2,1-2H3,(H,18,20);7-8,18H,4-6H2,1-3H3,(H,17,19);7-9,18H,3-6H2,1-2H3,(H,17,19). The van der Waals surface area contributed by atoms with E-state index < -0.39 is 0 Å². The first-order chi connectivity index (χ1) is 29.5. The fraction of sp³-hybridized carbons (Fsp3) is 0.413. The van der Waals surface area contributed by atoms with Gasteiger partial charge in [0, 0.05) is 76.3 Å². The predicted octanol–water partition coefficient (Wildman–Crippen LogP) is 9.60. The number of ether oxygens (including phenoxy) is 3. The molecule has 0 atom stereocenters. The number of carbonyl (C=O) groups excluding carboxylic acids is 3. The molecule has 3 aromatic carbocycles. The molecule has 3 aromatic heterocycles. The van der Waals surface area contributed by atoms with Gasteiger partial charge in [0.15, 0.2) is 0 Å². The molecular formula is C46H59Cl3N6O6. The van der Waals surface area contributed by atoms with Crippen LogP contribution in [0.5, 0.6) is 17.2 Å². The van der Waals surface area contributed by atoms with Gasteiger partial charge in [0.05, 0.1) is 36.4 Å². The van der Waals surface area contributed by atoms with Gasteiger partial charge in [0.25, 0.3) is 0 Å². The Hall–Kier alpha value is -5.04. The number of unbranched alkanes of at least 4 members (excludes halogenated alkanes) is 1. The van der Waals surface area contributed by atoms with Crippen LogP contribution in [-0.4, -0.2) is 74.6 Å². The van der Waals surface area contributed by atoms with Crippen LogP contribution in [0.1, 0.15) is 80.7 Å². The second-order valence-electron chi connectivity index (χ2n) is 14.4. The Morgan fingerprint density at radius 2 is 0.967 bits per heavy atom. The highest BCUT2D eigenvalue weighted by atomic mass is 35.5. The summed E-state index contributed by atoms with van der Waals surface area (Å²) in [6, 6.07) is 11.6. The lowest BCUT2D eigenvalue weighted by Gasteiger charge is -2.06. The number of hydrogen-bond acceptors (Lipinski definition) is 6. The molecule has 0 saturated heterocycles. The van der Waals surface area contributed by atoms with Crippen LogP contribution >= 0.6 is 34.8 Å². The number of hydrogen-bond donors (Lipinski definition) is 6. The van der Waals surface area contributed by atoms with Gasteiger partial charge in [-0.2, -0.15) is 0 Å². The van der Waals surface area contributed by atoms with Gasteiger partial charge in [-0.3, -0.25) is 14.4 Å². The van der Waals surface area contributed by atoms with Gasteiger partial charge < -0.3 is 45.1 Å². The third-order valence-corrected chi connectivity index (χ3v) is 11.3. The van der Waals surface area contributed by atoms with E-state index in [1.807, 2.05) is 36.4 Å². The maximum atomic E-state index is 11.0. The zero-order chi connectivity index (χ0) is 44.5. The molecule has 0 fully saturated rings. The summed E-state index contributed by atoms with van der Waals surface area (Å²) in [6.45, 7) is 9.83. The van der Waals surface area contributed by atoms with E-state index in [0.29, 0.717) is 52.0 Å². The molecule has 6 aromatic rings. The number of nitrogens with one attached hydrogen (secondary N) is 6. The largest absolute Gasteiger partial charge is 0.495 e. The Bertz CT molecular complexity index is 2390. The maximum absolute atomic E-state index is 11.0. The molecule has 15 heteroatoms. The number of amides is 3. The van der Waals surface area contributed by atoms with E-state index in [0.717, 1.165) is 103 Å². The first-order valence-corrected chi connectivity index (χ1v) is 21.8. The highest BCUT2D eigenvalue weighted by molar-refractivity contribution is 6.33. The average Bonchev–Trinajstić information content (AvgIpc) is 3.88. The fourth-order valence-corrected chi connectivity index (χ4v) is 8.18. The number of fused-ring (bicyclic) bond motifs is 3. The van der Waals surface area contributed by atoms with Crippen molar-refractivity contribution < 1.29 is 28.6 Å². The minimum absolute atomic E-state index is 0.0106. The molecule has 0 aliphatic heterocycles. The zero-order valence-corrected chi connectivity index (χ0v) is 38.5. The third-order valence-electron chi connectivity index (χ3n) is 10.4. The van der Waals surface area contributed by atoms with Gasteiger partial charge in [-0.1, -0.05) is 68.4 Å². The first-order valence-electron chi connectivity index (χ1n) is 20.7. The Kier molecular flexibility index (Phi) is 19.5. The molecule has 0 aliphatic rings. The SMILES string of the molecule is CCCCc1[nH]c2cc(Cl)c(OC)cc2c1CCNC=O.CCCc1[nH]c2cc(Cl)c(OC)cc2c1CCNC=O.CCc1[nH]c2cc(Cl)c(OC)cc2c1CCNC(C)=O. The maximum Gasteiger partial charge on any atom is 0.216 e. The molecule has 3 heterocycles. The lowest BCUT2D eigenvalue weighted by Crippen LogP contribution is -2.22. The molecular weight excluding hydrogens is 839 g/mol. The van der Waals surface area contributed by atoms with Crippen molar-refractivity contribution in [3.8, 4) is 17.2 Å². The lowest BCUT2D eigenvalue weighted by atomic mass is 10.0. The van der Waals surface area contributed by atoms with Gasteiger partial charge in [0.1, 0.15) is 17.2 Å². The van der Waals surface area contributed by atoms with E-state index in [1.54, 1.807) is 21.3 Å². The Morgan fingerprint density at radius 1 is 0.574 bits per heavy atom. The fourth-order valence-electron chi connectivity index (χ4n) is 7.45. The molecule has 6 N–H and O–H groups in total. The normalized spacial score (nSPS) is 10.8. The number of halogens is 3. The summed E-state index contributed by atoms with van der Waals surface area (Å²) in [5.41, 5.74) is 10.3. The molecule has 12 nitrogen and oxygen atoms in total. The average molecular weight is 898 g/mol. The first kappa shape index (κ1) is 48.6. The third kappa shape index (κ3) is 12.7. The summed E-state index contributed by atoms with van der Waals surface area (Å²) in [4.78, 5) is 42.1. The van der Waals surface area contributed by atoms with E-state index in [-0.39, 0.29) is 5.91 Å². The molecule has 0 bridgehead atoms. The van der Waals surface area contributed by atoms with Crippen LogP contribution in [0.15, 0.2) is 36.4 Å². The summed E-state index contributed by atoms with van der Waals surface area (Å²) >= 11 is 18.5. The van der Waals surface area contributed by atoms with E-state index in [1.165, 1.54) is 40.7 Å². The predicted molar refractivity (Wildman–Crippen MR) is 249 cm³/mol. The second kappa shape index (κ2) is 24.4. The molecule has 61 heavy (non-hydrogen) atoms. The van der Waals surface area contributed by atoms with Crippen molar-refractivity contribution in [2.75, 3.05) is 41.0 Å². The number of rotatable bonds is 20. The van der Waals surface area contributed by atoms with Crippen LogP contribution in [-0.2, 0) is 52.9 Å². The Labute approximate surface area is 373 Å². The smallest absolute Gasteiger partial charge is 0.216 e. The Morgan fingerprint density at radius 3 is 1.33 bits per heavy atom. The quantitative estimate of drug-likeness (QED) is 0.0330. The summed E-state index contributed by atoms with van der Waals surface area (Å²) in [6.07, 6.45) is 10.1. The van der Waals surface area contributed by atoms with Gasteiger partial charge >= 0.3 is 0 Å². The van der Waals surface area contributed by atoms with Crippen LogP contribution in [0.3, 0.4) is 0 Å². The summed E-state index contributed by atoms with van der Waals surface area (Å²) < 4.78 is 15.9. The lowest BCUT2D eigenvalue weighted by molar-refractivity contribution is -0.119. The van der Waals surface area contributed by atoms with Gasteiger partial charge in [-0.05, 0) is 98.0 Å². The molecule has 330 valence electrons. The summed E-state index contributed by atoms with van der Waals surface area (Å²) in [7, 11) is 4.84. The van der Waals surface area contributed by atoms with Crippen LogP contribution < -0.4 is 30.2 Å². The number of carbonyl (C=O) groups is 3. The number of benzene rings is 3. The van der Waals surface area contributed by atoms with E-state index in [2.05, 4.69) is 51.7 Å². The van der Waals surface area contributed by atoms with Gasteiger partial charge in [-0.25, -0.2) is 0 Å². The van der Waals surface area contributed by atoms with Gasteiger partial charge in [-0.15, -0.1) is 0 Å². The van der Waals surface area contributed by atoms with Crippen LogP contribution in [0.4, 0.5) is 0 Å². The van der Waals surface area contributed by atoms with E-state index in [9.17, 15) is 14.4 Å². The topological polar surface area (TPSA) is 162 Å². The second-order valence-corrected chi connectivity index (χ2v) is 15.6. The number of aromatic nitrogens is 3. The van der Waals surface area contributed by atoms with Crippen molar-refractivity contribution >= 4 is 86.2 Å². The summed E-state index contributed by atoms with van der Waals surface area (Å²) in [5.74, 6) is 2.01. The number of H-pyrrole nitrogens is 3. The molecule has 0 saturated carbocycles. The molecule has 0 spiro atoms. The molecule has 0 aliphatic carbocycles. The zero-order valence-electron chi connectivity index (χ0n) is 36.2. The van der Waals surface area contributed by atoms with Crippen molar-refractivity contribution in [1.29, 1.82) is 0 Å². The van der Waals surface area contributed by atoms with Crippen molar-refractivity contribution in [3.63, 3.8) is 0 Å². The van der Waals surface area contributed by atoms with Crippen LogP contribution in [0.25, 0.3) is 32.7 Å². The molecule has 3 amide bonds. The van der Waals surface area contributed by atoms with Crippen molar-refractivity contribution in [3.05, 3.63) is 85.2 Å². The molecule has 0 radical (unpaired) electrons. The number of aryl methyl sites for hydroxylation is 3. The van der Waals surface area contributed by atoms with Crippen LogP contribution in [0.2, 0.25) is 15.1 Å². The minimum atomic E-state index is -0.0106. The van der Waals surface area contributed by atoms with Crippen molar-refractivity contribution in [1.82, 2.24) is 30.9 Å². The molecule has 6 rings (SSSR count). The number of aromatic amines is 3. The summed E-state index contributed by atoms with van der Waals surface area (Å²) in [5, 5.41) is 13.4. The highest BCUT2D eigenvalue weighted by Crippen LogP contribution is 2.36. The highest BCUT2D eigenvalue weighted by Gasteiger charge is 2.16. The van der Waals surface area contributed by atoms with E-state index in [4.69, 9.17) is 49.0 Å². The molecule has 0 unspecified atom stereocenters. The van der Waals surface area contributed by atoms with Crippen LogP contribution in [0, 0.1) is 0 Å². The van der Waals surface area contributed by atoms with E-state index >= 15 is 0 Å². The Balaban J connectivity index is 0.000000202. The monoisotopic (exact) mass is 896 g/mol. The van der Waals surface area contributed by atoms with Crippen molar-refractivity contribution in [2.45, 2.75) is 85.5 Å². The number of methoxy groups -OCH3 is 3. The minimum Gasteiger partial charge on any atom is -0.495 e.